The fourth-order valence-electron chi connectivity index (χ4n) is 2.14. The van der Waals surface area contributed by atoms with E-state index in [1.54, 1.807) is 0 Å². The summed E-state index contributed by atoms with van der Waals surface area (Å²) in [4.78, 5) is 10.9. The summed E-state index contributed by atoms with van der Waals surface area (Å²) in [7, 11) is -3.69. The molecular formula is C13H16BrNO4S. The van der Waals surface area contributed by atoms with Gasteiger partial charge in [-0.2, -0.15) is 0 Å². The lowest BCUT2D eigenvalue weighted by atomic mass is 10.0. The molecule has 1 fully saturated rings. The molecule has 7 heteroatoms. The van der Waals surface area contributed by atoms with Crippen LogP contribution in [0.1, 0.15) is 37.0 Å². The molecular weight excluding hydrogens is 346 g/mol. The Labute approximate surface area is 126 Å². The van der Waals surface area contributed by atoms with Crippen LogP contribution in [0.15, 0.2) is 27.6 Å². The quantitative estimate of drug-likeness (QED) is 0.844. The van der Waals surface area contributed by atoms with E-state index in [0.717, 1.165) is 12.8 Å². The van der Waals surface area contributed by atoms with Crippen LogP contribution in [0.5, 0.6) is 0 Å². The Balaban J connectivity index is 2.32. The van der Waals surface area contributed by atoms with E-state index in [1.165, 1.54) is 18.2 Å². The molecule has 0 aromatic heterocycles. The molecule has 0 saturated heterocycles. The first-order valence-electron chi connectivity index (χ1n) is 6.20. The SMILES string of the molecule is CC(C)(NS(=O)(=O)c1ccc(C(=O)O)cc1Br)C1CC1. The monoisotopic (exact) mass is 361 g/mol. The topological polar surface area (TPSA) is 83.5 Å². The molecule has 0 amide bonds. The highest BCUT2D eigenvalue weighted by molar-refractivity contribution is 9.10. The first-order chi connectivity index (χ1) is 9.13. The Kier molecular flexibility index (Phi) is 3.96. The third-order valence-electron chi connectivity index (χ3n) is 3.46. The van der Waals surface area contributed by atoms with Gasteiger partial charge < -0.3 is 5.11 Å². The highest BCUT2D eigenvalue weighted by Crippen LogP contribution is 2.40. The van der Waals surface area contributed by atoms with E-state index < -0.39 is 21.5 Å². The summed E-state index contributed by atoms with van der Waals surface area (Å²) >= 11 is 3.13. The van der Waals surface area contributed by atoms with Crippen molar-refractivity contribution < 1.29 is 18.3 Å². The molecule has 2 N–H and O–H groups in total. The minimum Gasteiger partial charge on any atom is -0.478 e. The van der Waals surface area contributed by atoms with E-state index in [1.807, 2.05) is 13.8 Å². The number of aromatic carboxylic acids is 1. The largest absolute Gasteiger partial charge is 0.478 e. The molecule has 0 heterocycles. The van der Waals surface area contributed by atoms with Gasteiger partial charge in [-0.05, 0) is 66.7 Å². The Bertz CT molecular complexity index is 650. The van der Waals surface area contributed by atoms with Crippen LogP contribution in [0, 0.1) is 5.92 Å². The Morgan fingerprint density at radius 3 is 2.45 bits per heavy atom. The van der Waals surface area contributed by atoms with Crippen molar-refractivity contribution in [1.29, 1.82) is 0 Å². The van der Waals surface area contributed by atoms with Crippen molar-refractivity contribution in [1.82, 2.24) is 4.72 Å². The zero-order chi connectivity index (χ0) is 15.1. The van der Waals surface area contributed by atoms with Gasteiger partial charge in [0, 0.05) is 10.0 Å². The highest BCUT2D eigenvalue weighted by atomic mass is 79.9. The van der Waals surface area contributed by atoms with Gasteiger partial charge in [0.05, 0.1) is 10.5 Å². The lowest BCUT2D eigenvalue weighted by Crippen LogP contribution is -2.45. The Hall–Kier alpha value is -0.920. The number of nitrogens with one attached hydrogen (secondary N) is 1. The van der Waals surface area contributed by atoms with Gasteiger partial charge >= 0.3 is 5.97 Å². The molecule has 2 rings (SSSR count). The maximum absolute atomic E-state index is 12.4. The molecule has 5 nitrogen and oxygen atoms in total. The first kappa shape index (κ1) is 15.5. The van der Waals surface area contributed by atoms with Gasteiger partial charge in [0.25, 0.3) is 0 Å². The summed E-state index contributed by atoms with van der Waals surface area (Å²) in [5.41, 5.74) is -0.457. The Morgan fingerprint density at radius 1 is 1.40 bits per heavy atom. The van der Waals surface area contributed by atoms with Crippen LogP contribution < -0.4 is 4.72 Å². The first-order valence-corrected chi connectivity index (χ1v) is 8.48. The number of carboxylic acids is 1. The maximum atomic E-state index is 12.4. The van der Waals surface area contributed by atoms with Gasteiger partial charge in [-0.15, -0.1) is 0 Å². The van der Waals surface area contributed by atoms with Crippen LogP contribution in [0.25, 0.3) is 0 Å². The smallest absolute Gasteiger partial charge is 0.335 e. The summed E-state index contributed by atoms with van der Waals surface area (Å²) in [6, 6.07) is 3.88. The van der Waals surface area contributed by atoms with Gasteiger partial charge in [0.15, 0.2) is 0 Å². The summed E-state index contributed by atoms with van der Waals surface area (Å²) in [5.74, 6) is -0.740. The minimum absolute atomic E-state index is 0.0391. The van der Waals surface area contributed by atoms with Crippen molar-refractivity contribution in [3.63, 3.8) is 0 Å². The number of hydrogen-bond donors (Lipinski definition) is 2. The third-order valence-corrected chi connectivity index (χ3v) is 6.11. The molecule has 0 spiro atoms. The second-order valence-corrected chi connectivity index (χ2v) is 8.06. The van der Waals surface area contributed by atoms with Crippen LogP contribution in [-0.4, -0.2) is 25.0 Å². The van der Waals surface area contributed by atoms with Gasteiger partial charge in [-0.1, -0.05) is 0 Å². The number of carbonyl (C=O) groups is 1. The lowest BCUT2D eigenvalue weighted by Gasteiger charge is -2.26. The lowest BCUT2D eigenvalue weighted by molar-refractivity contribution is 0.0696. The fraction of sp³-hybridized carbons (Fsp3) is 0.462. The number of sulfonamides is 1. The summed E-state index contributed by atoms with van der Waals surface area (Å²) in [6.07, 6.45) is 2.04. The molecule has 1 aromatic rings. The molecule has 110 valence electrons. The molecule has 0 radical (unpaired) electrons. The van der Waals surface area contributed by atoms with E-state index in [0.29, 0.717) is 5.92 Å². The average molecular weight is 362 g/mol. The zero-order valence-corrected chi connectivity index (χ0v) is 13.6. The number of halogens is 1. The van der Waals surface area contributed by atoms with Crippen molar-refractivity contribution in [3.05, 3.63) is 28.2 Å². The zero-order valence-electron chi connectivity index (χ0n) is 11.2. The molecule has 0 atom stereocenters. The summed E-state index contributed by atoms with van der Waals surface area (Å²) in [5, 5.41) is 8.88. The van der Waals surface area contributed by atoms with E-state index in [9.17, 15) is 13.2 Å². The molecule has 1 aromatic carbocycles. The van der Waals surface area contributed by atoms with E-state index in [-0.39, 0.29) is 14.9 Å². The van der Waals surface area contributed by atoms with Crippen LogP contribution >= 0.6 is 15.9 Å². The predicted molar refractivity (Wildman–Crippen MR) is 78.2 cm³/mol. The third kappa shape index (κ3) is 3.21. The van der Waals surface area contributed by atoms with Crippen molar-refractivity contribution >= 4 is 31.9 Å². The average Bonchev–Trinajstić information content (AvgIpc) is 3.10. The predicted octanol–water partition coefficient (Wildman–Crippen LogP) is 2.61. The van der Waals surface area contributed by atoms with Gasteiger partial charge in [0.2, 0.25) is 10.0 Å². The van der Waals surface area contributed by atoms with Crippen molar-refractivity contribution in [3.8, 4) is 0 Å². The molecule has 1 aliphatic rings. The van der Waals surface area contributed by atoms with Gasteiger partial charge in [-0.3, -0.25) is 0 Å². The normalized spacial score (nSPS) is 16.1. The fourth-order valence-corrected chi connectivity index (χ4v) is 4.69. The number of rotatable bonds is 5. The highest BCUT2D eigenvalue weighted by Gasteiger charge is 2.40. The van der Waals surface area contributed by atoms with Crippen LogP contribution in [0.3, 0.4) is 0 Å². The van der Waals surface area contributed by atoms with Gasteiger partial charge in [0.1, 0.15) is 0 Å². The van der Waals surface area contributed by atoms with Crippen molar-refractivity contribution in [2.75, 3.05) is 0 Å². The maximum Gasteiger partial charge on any atom is 0.335 e. The number of hydrogen-bond acceptors (Lipinski definition) is 3. The second-order valence-electron chi connectivity index (χ2n) is 5.55. The molecule has 0 unspecified atom stereocenters. The summed E-state index contributed by atoms with van der Waals surface area (Å²) in [6.45, 7) is 3.73. The molecule has 1 aliphatic carbocycles. The molecule has 20 heavy (non-hydrogen) atoms. The second kappa shape index (κ2) is 5.13. The summed E-state index contributed by atoms with van der Waals surface area (Å²) < 4.78 is 27.7. The van der Waals surface area contributed by atoms with E-state index in [4.69, 9.17) is 5.11 Å². The van der Waals surface area contributed by atoms with E-state index in [2.05, 4.69) is 20.7 Å². The van der Waals surface area contributed by atoms with Crippen molar-refractivity contribution in [2.24, 2.45) is 5.92 Å². The van der Waals surface area contributed by atoms with Crippen LogP contribution in [-0.2, 0) is 10.0 Å². The number of benzene rings is 1. The van der Waals surface area contributed by atoms with Crippen LogP contribution in [0.2, 0.25) is 0 Å². The number of carboxylic acid groups (broad SMARTS) is 1. The molecule has 0 bridgehead atoms. The van der Waals surface area contributed by atoms with E-state index >= 15 is 0 Å². The van der Waals surface area contributed by atoms with Crippen molar-refractivity contribution in [2.45, 2.75) is 37.1 Å². The minimum atomic E-state index is -3.69. The van der Waals surface area contributed by atoms with Crippen LogP contribution in [0.4, 0.5) is 0 Å². The standard InChI is InChI=1S/C13H16BrNO4S/c1-13(2,9-4-5-9)15-20(18,19)11-6-3-8(12(16)17)7-10(11)14/h3,6-7,9,15H,4-5H2,1-2H3,(H,16,17). The van der Waals surface area contributed by atoms with Gasteiger partial charge in [-0.25, -0.2) is 17.9 Å². The molecule has 0 aliphatic heterocycles. The molecule has 1 saturated carbocycles. The Morgan fingerprint density at radius 2 is 2.00 bits per heavy atom.